The number of carbonyl (C=O) groups is 3. The molecule has 0 aliphatic heterocycles. The predicted molar refractivity (Wildman–Crippen MR) is 79.0 cm³/mol. The molecule has 8 heteroatoms. The quantitative estimate of drug-likeness (QED) is 0.384. The van der Waals surface area contributed by atoms with E-state index in [4.69, 9.17) is 4.74 Å². The molecule has 0 unspecified atom stereocenters. The van der Waals surface area contributed by atoms with Crippen LogP contribution in [0.2, 0.25) is 0 Å². The maximum Gasteiger partial charge on any atom is 1.00 e. The van der Waals surface area contributed by atoms with Crippen LogP contribution in [-0.2, 0) is 20.9 Å². The van der Waals surface area contributed by atoms with Crippen molar-refractivity contribution in [2.75, 3.05) is 0 Å². The molecular weight excluding hydrogens is 325 g/mol. The van der Waals surface area contributed by atoms with E-state index in [0.717, 1.165) is 5.56 Å². The van der Waals surface area contributed by atoms with E-state index in [0.29, 0.717) is 0 Å². The number of nitrogens with one attached hydrogen (secondary N) is 1. The van der Waals surface area contributed by atoms with E-state index in [1.54, 1.807) is 26.0 Å². The Morgan fingerprint density at radius 3 is 2.29 bits per heavy atom. The molecule has 2 atom stereocenters. The first-order valence-electron chi connectivity index (χ1n) is 7.20. The molecule has 0 aromatic heterocycles. The van der Waals surface area contributed by atoms with Crippen molar-refractivity contribution in [2.45, 2.75) is 39.0 Å². The van der Waals surface area contributed by atoms with Crippen LogP contribution in [-0.4, -0.2) is 35.1 Å². The number of amides is 1. The summed E-state index contributed by atoms with van der Waals surface area (Å²) in [4.78, 5) is 33.3. The molecule has 0 saturated heterocycles. The van der Waals surface area contributed by atoms with Gasteiger partial charge in [-0.15, -0.1) is 0 Å². The second-order valence-corrected chi connectivity index (χ2v) is 5.46. The molecule has 1 aromatic rings. The second kappa shape index (κ2) is 11.2. The molecule has 1 aromatic carbocycles. The first kappa shape index (κ1) is 22.6. The van der Waals surface area contributed by atoms with Crippen LogP contribution in [0.25, 0.3) is 0 Å². The van der Waals surface area contributed by atoms with Crippen molar-refractivity contribution in [1.82, 2.24) is 5.32 Å². The fourth-order valence-electron chi connectivity index (χ4n) is 2.01. The number of ketones is 1. The first-order chi connectivity index (χ1) is 10.8. The van der Waals surface area contributed by atoms with E-state index in [-0.39, 0.29) is 42.1 Å². The molecular formula is C16H20NNaO6. The van der Waals surface area contributed by atoms with E-state index in [9.17, 15) is 24.6 Å². The molecule has 7 nitrogen and oxygen atoms in total. The average molecular weight is 345 g/mol. The number of carboxylic acid groups (broad SMARTS) is 1. The van der Waals surface area contributed by atoms with Crippen molar-refractivity contribution in [3.05, 3.63) is 35.9 Å². The van der Waals surface area contributed by atoms with Crippen LogP contribution in [0.1, 0.15) is 25.8 Å². The number of hydrogen-bond donors (Lipinski definition) is 2. The van der Waals surface area contributed by atoms with E-state index < -0.39 is 36.4 Å². The summed E-state index contributed by atoms with van der Waals surface area (Å²) in [6.07, 6.45) is -2.73. The molecule has 0 aliphatic carbocycles. The van der Waals surface area contributed by atoms with Gasteiger partial charge in [0.2, 0.25) is 0 Å². The van der Waals surface area contributed by atoms with Gasteiger partial charge in [0.25, 0.3) is 0 Å². The van der Waals surface area contributed by atoms with Crippen molar-refractivity contribution in [2.24, 2.45) is 5.92 Å². The topological polar surface area (TPSA) is 116 Å². The van der Waals surface area contributed by atoms with Gasteiger partial charge < -0.3 is 25.1 Å². The van der Waals surface area contributed by atoms with Crippen molar-refractivity contribution >= 4 is 17.8 Å². The molecule has 24 heavy (non-hydrogen) atoms. The van der Waals surface area contributed by atoms with Gasteiger partial charge in [-0.25, -0.2) is 4.79 Å². The zero-order chi connectivity index (χ0) is 17.4. The number of aliphatic hydroxyl groups is 1. The van der Waals surface area contributed by atoms with E-state index >= 15 is 0 Å². The summed E-state index contributed by atoms with van der Waals surface area (Å²) >= 11 is 0. The Morgan fingerprint density at radius 1 is 1.21 bits per heavy atom. The number of ether oxygens (including phenoxy) is 1. The number of Topliss-reactive ketones (excluding diaryl/α,β-unsaturated/α-hetero) is 1. The number of carboxylic acids is 1. The molecule has 0 aliphatic rings. The van der Waals surface area contributed by atoms with Gasteiger partial charge >= 0.3 is 35.7 Å². The second-order valence-electron chi connectivity index (χ2n) is 5.46. The third-order valence-electron chi connectivity index (χ3n) is 3.25. The summed E-state index contributed by atoms with van der Waals surface area (Å²) in [6.45, 7) is 3.50. The van der Waals surface area contributed by atoms with Crippen LogP contribution in [0.3, 0.4) is 0 Å². The van der Waals surface area contributed by atoms with Gasteiger partial charge in [0.05, 0.1) is 12.1 Å². The molecule has 0 radical (unpaired) electrons. The minimum atomic E-state index is -1.86. The molecule has 0 saturated carbocycles. The maximum absolute atomic E-state index is 11.8. The van der Waals surface area contributed by atoms with Crippen LogP contribution in [0.15, 0.2) is 30.3 Å². The summed E-state index contributed by atoms with van der Waals surface area (Å²) < 4.78 is 5.04. The smallest absolute Gasteiger partial charge is 0.542 e. The summed E-state index contributed by atoms with van der Waals surface area (Å²) in [6, 6.07) is 8.22. The summed E-state index contributed by atoms with van der Waals surface area (Å²) in [5.74, 6) is -3.32. The minimum Gasteiger partial charge on any atom is -0.542 e. The van der Waals surface area contributed by atoms with Gasteiger partial charge in [0.15, 0.2) is 5.78 Å². The number of hydrogen-bond acceptors (Lipinski definition) is 6. The molecule has 1 amide bonds. The zero-order valence-electron chi connectivity index (χ0n) is 14.0. The van der Waals surface area contributed by atoms with Gasteiger partial charge in [-0.3, -0.25) is 4.79 Å². The molecule has 0 bridgehead atoms. The van der Waals surface area contributed by atoms with Crippen LogP contribution in [0.4, 0.5) is 4.79 Å². The standard InChI is InChI=1S/C16H21NO6.Na/c1-10(2)14(12(18)8-13(19)15(20)21)17-16(22)23-9-11-6-4-3-5-7-11;/h3-7,10,12,14,18H,8-9H2,1-2H3,(H,17,22)(H,20,21);/q;+1/p-1/t12-,14+;/m1./s1. The number of aliphatic hydroxyl groups excluding tert-OH is 1. The van der Waals surface area contributed by atoms with E-state index in [1.807, 2.05) is 18.2 Å². The monoisotopic (exact) mass is 345 g/mol. The van der Waals surface area contributed by atoms with Crippen LogP contribution >= 0.6 is 0 Å². The Hall–Kier alpha value is -1.41. The van der Waals surface area contributed by atoms with Crippen LogP contribution < -0.4 is 40.0 Å². The van der Waals surface area contributed by atoms with Gasteiger partial charge in [-0.2, -0.15) is 0 Å². The van der Waals surface area contributed by atoms with Gasteiger partial charge in [-0.1, -0.05) is 44.2 Å². The van der Waals surface area contributed by atoms with Crippen LogP contribution in [0.5, 0.6) is 0 Å². The predicted octanol–water partition coefficient (Wildman–Crippen LogP) is -2.99. The summed E-state index contributed by atoms with van der Waals surface area (Å²) in [7, 11) is 0. The number of carbonyl (C=O) groups excluding carboxylic acids is 3. The normalized spacial score (nSPS) is 12.7. The van der Waals surface area contributed by atoms with Gasteiger partial charge in [0, 0.05) is 6.42 Å². The number of rotatable bonds is 8. The van der Waals surface area contributed by atoms with Crippen LogP contribution in [0, 0.1) is 5.92 Å². The Bertz CT molecular complexity index is 549. The molecule has 0 heterocycles. The maximum atomic E-state index is 11.8. The third-order valence-corrected chi connectivity index (χ3v) is 3.25. The minimum absolute atomic E-state index is 0. The fraction of sp³-hybridized carbons (Fsp3) is 0.438. The molecule has 1 rings (SSSR count). The SMILES string of the molecule is CC(C)[C@H](NC(=O)OCc1ccccc1)[C@H](O)CC(=O)C(=O)[O-].[Na+]. The number of aliphatic carboxylic acids is 1. The summed E-state index contributed by atoms with van der Waals surface area (Å²) in [5.41, 5.74) is 0.802. The molecule has 2 N–H and O–H groups in total. The summed E-state index contributed by atoms with van der Waals surface area (Å²) in [5, 5.41) is 22.8. The van der Waals surface area contributed by atoms with E-state index in [1.165, 1.54) is 0 Å². The van der Waals surface area contributed by atoms with Crippen molar-refractivity contribution in [3.63, 3.8) is 0 Å². The molecule has 0 fully saturated rings. The zero-order valence-corrected chi connectivity index (χ0v) is 16.0. The Morgan fingerprint density at radius 2 is 1.79 bits per heavy atom. The van der Waals surface area contributed by atoms with Gasteiger partial charge in [-0.05, 0) is 11.5 Å². The number of alkyl carbamates (subject to hydrolysis) is 1. The molecule has 126 valence electrons. The van der Waals surface area contributed by atoms with Crippen molar-refractivity contribution < 1.29 is 58.9 Å². The largest absolute Gasteiger partial charge is 1.00 e. The fourth-order valence-corrected chi connectivity index (χ4v) is 2.01. The van der Waals surface area contributed by atoms with E-state index in [2.05, 4.69) is 5.32 Å². The Labute approximate surface area is 162 Å². The number of benzene rings is 1. The first-order valence-corrected chi connectivity index (χ1v) is 7.20. The Kier molecular flexibility index (Phi) is 10.5. The average Bonchev–Trinajstić information content (AvgIpc) is 2.51. The van der Waals surface area contributed by atoms with Gasteiger partial charge in [0.1, 0.15) is 12.6 Å². The third kappa shape index (κ3) is 7.92. The van der Waals surface area contributed by atoms with Crippen molar-refractivity contribution in [1.29, 1.82) is 0 Å². The van der Waals surface area contributed by atoms with Crippen molar-refractivity contribution in [3.8, 4) is 0 Å². The Balaban J connectivity index is 0.00000529. The molecule has 0 spiro atoms.